The summed E-state index contributed by atoms with van der Waals surface area (Å²) in [4.78, 5) is 2.57. The Morgan fingerprint density at radius 2 is 1.86 bits per heavy atom. The van der Waals surface area contributed by atoms with Crippen molar-refractivity contribution in [1.82, 2.24) is 10.2 Å². The molecule has 0 aromatic heterocycles. The van der Waals surface area contributed by atoms with E-state index in [0.29, 0.717) is 0 Å². The molecule has 2 aliphatic rings. The summed E-state index contributed by atoms with van der Waals surface area (Å²) in [5, 5.41) is 3.58. The Labute approximate surface area is 88.1 Å². The zero-order valence-corrected chi connectivity index (χ0v) is 9.47. The molecule has 0 unspecified atom stereocenters. The Balaban J connectivity index is 1.50. The van der Waals surface area contributed by atoms with Crippen LogP contribution in [-0.4, -0.2) is 37.1 Å². The standard InChI is InChI=1S/C12H24N2/c1-14(12-5-2-3-6-12)10-4-9-13-11-7-8-11/h11-13H,2-10H2,1H3. The molecule has 0 aromatic rings. The van der Waals surface area contributed by atoms with Gasteiger partial charge in [-0.2, -0.15) is 0 Å². The molecule has 0 atom stereocenters. The number of nitrogens with one attached hydrogen (secondary N) is 1. The SMILES string of the molecule is CN(CCCNC1CC1)C1CCCC1. The summed E-state index contributed by atoms with van der Waals surface area (Å²) in [6.07, 6.45) is 9.93. The molecule has 0 spiro atoms. The average Bonchev–Trinajstić information content (AvgIpc) is 2.84. The van der Waals surface area contributed by atoms with E-state index in [9.17, 15) is 0 Å². The van der Waals surface area contributed by atoms with E-state index in [1.807, 2.05) is 0 Å². The summed E-state index contributed by atoms with van der Waals surface area (Å²) in [6, 6.07) is 1.78. The molecule has 2 rings (SSSR count). The average molecular weight is 196 g/mol. The highest BCUT2D eigenvalue weighted by Crippen LogP contribution is 2.22. The van der Waals surface area contributed by atoms with Gasteiger partial charge >= 0.3 is 0 Å². The van der Waals surface area contributed by atoms with Crippen molar-refractivity contribution in [3.05, 3.63) is 0 Å². The van der Waals surface area contributed by atoms with Crippen molar-refractivity contribution in [2.24, 2.45) is 0 Å². The summed E-state index contributed by atoms with van der Waals surface area (Å²) in [7, 11) is 2.30. The lowest BCUT2D eigenvalue weighted by molar-refractivity contribution is 0.242. The third-order valence-corrected chi connectivity index (χ3v) is 3.65. The molecule has 0 bridgehead atoms. The van der Waals surface area contributed by atoms with E-state index in [-0.39, 0.29) is 0 Å². The second-order valence-electron chi connectivity index (χ2n) is 5.00. The van der Waals surface area contributed by atoms with E-state index in [2.05, 4.69) is 17.3 Å². The maximum atomic E-state index is 3.58. The lowest BCUT2D eigenvalue weighted by Gasteiger charge is -2.23. The first-order chi connectivity index (χ1) is 6.86. The van der Waals surface area contributed by atoms with Gasteiger partial charge in [-0.3, -0.25) is 0 Å². The summed E-state index contributed by atoms with van der Waals surface area (Å²) in [5.41, 5.74) is 0. The fourth-order valence-corrected chi connectivity index (χ4v) is 2.45. The van der Waals surface area contributed by atoms with Crippen LogP contribution in [0, 0.1) is 0 Å². The van der Waals surface area contributed by atoms with E-state index in [0.717, 1.165) is 12.1 Å². The Hall–Kier alpha value is -0.0800. The molecule has 2 heteroatoms. The first kappa shape index (κ1) is 10.4. The van der Waals surface area contributed by atoms with E-state index in [1.165, 1.54) is 58.0 Å². The summed E-state index contributed by atoms with van der Waals surface area (Å²) < 4.78 is 0. The zero-order chi connectivity index (χ0) is 9.80. The Kier molecular flexibility index (Phi) is 3.82. The van der Waals surface area contributed by atoms with Gasteiger partial charge in [0.15, 0.2) is 0 Å². The molecule has 2 fully saturated rings. The van der Waals surface area contributed by atoms with Gasteiger partial charge in [0.05, 0.1) is 0 Å². The van der Waals surface area contributed by atoms with E-state index in [4.69, 9.17) is 0 Å². The topological polar surface area (TPSA) is 15.3 Å². The normalized spacial score (nSPS) is 23.6. The van der Waals surface area contributed by atoms with Crippen molar-refractivity contribution in [3.63, 3.8) is 0 Å². The molecular formula is C12H24N2. The van der Waals surface area contributed by atoms with Gasteiger partial charge in [0.25, 0.3) is 0 Å². The second-order valence-corrected chi connectivity index (χ2v) is 5.00. The lowest BCUT2D eigenvalue weighted by Crippen LogP contribution is -2.32. The highest BCUT2D eigenvalue weighted by molar-refractivity contribution is 4.81. The van der Waals surface area contributed by atoms with E-state index in [1.54, 1.807) is 0 Å². The fourth-order valence-electron chi connectivity index (χ4n) is 2.45. The van der Waals surface area contributed by atoms with Gasteiger partial charge < -0.3 is 10.2 Å². The summed E-state index contributed by atoms with van der Waals surface area (Å²) >= 11 is 0. The minimum Gasteiger partial charge on any atom is -0.314 e. The van der Waals surface area contributed by atoms with Crippen LogP contribution in [0.4, 0.5) is 0 Å². The van der Waals surface area contributed by atoms with Gasteiger partial charge in [0.1, 0.15) is 0 Å². The summed E-state index contributed by atoms with van der Waals surface area (Å²) in [6.45, 7) is 2.51. The van der Waals surface area contributed by atoms with Crippen LogP contribution in [0.5, 0.6) is 0 Å². The van der Waals surface area contributed by atoms with Crippen molar-refractivity contribution >= 4 is 0 Å². The van der Waals surface area contributed by atoms with Crippen molar-refractivity contribution in [3.8, 4) is 0 Å². The van der Waals surface area contributed by atoms with Gasteiger partial charge in [-0.05, 0) is 52.2 Å². The Morgan fingerprint density at radius 1 is 1.14 bits per heavy atom. The zero-order valence-electron chi connectivity index (χ0n) is 9.47. The molecule has 1 N–H and O–H groups in total. The van der Waals surface area contributed by atoms with Gasteiger partial charge in [-0.25, -0.2) is 0 Å². The number of hydrogen-bond acceptors (Lipinski definition) is 2. The molecule has 0 saturated heterocycles. The predicted octanol–water partition coefficient (Wildman–Crippen LogP) is 2.00. The number of nitrogens with zero attached hydrogens (tertiary/aromatic N) is 1. The van der Waals surface area contributed by atoms with Crippen LogP contribution in [0.2, 0.25) is 0 Å². The highest BCUT2D eigenvalue weighted by atomic mass is 15.1. The van der Waals surface area contributed by atoms with Crippen LogP contribution in [0.1, 0.15) is 44.9 Å². The van der Waals surface area contributed by atoms with Crippen molar-refractivity contribution < 1.29 is 0 Å². The first-order valence-corrected chi connectivity index (χ1v) is 6.30. The van der Waals surface area contributed by atoms with Crippen LogP contribution < -0.4 is 5.32 Å². The monoisotopic (exact) mass is 196 g/mol. The third kappa shape index (κ3) is 3.25. The quantitative estimate of drug-likeness (QED) is 0.654. The first-order valence-electron chi connectivity index (χ1n) is 6.30. The van der Waals surface area contributed by atoms with Crippen molar-refractivity contribution in [2.75, 3.05) is 20.1 Å². The van der Waals surface area contributed by atoms with Crippen molar-refractivity contribution in [2.45, 2.75) is 57.0 Å². The minimum absolute atomic E-state index is 0.881. The molecule has 0 radical (unpaired) electrons. The second kappa shape index (κ2) is 5.13. The largest absolute Gasteiger partial charge is 0.314 e. The fraction of sp³-hybridized carbons (Fsp3) is 1.00. The van der Waals surface area contributed by atoms with Crippen molar-refractivity contribution in [1.29, 1.82) is 0 Å². The molecule has 82 valence electrons. The molecular weight excluding hydrogens is 172 g/mol. The molecule has 14 heavy (non-hydrogen) atoms. The van der Waals surface area contributed by atoms with Gasteiger partial charge in [0.2, 0.25) is 0 Å². The number of rotatable bonds is 6. The molecule has 0 aliphatic heterocycles. The van der Waals surface area contributed by atoms with Crippen LogP contribution in [0.25, 0.3) is 0 Å². The maximum absolute atomic E-state index is 3.58. The predicted molar refractivity (Wildman–Crippen MR) is 60.5 cm³/mol. The minimum atomic E-state index is 0.881. The van der Waals surface area contributed by atoms with E-state index < -0.39 is 0 Å². The van der Waals surface area contributed by atoms with Crippen LogP contribution >= 0.6 is 0 Å². The molecule has 2 aliphatic carbocycles. The molecule has 0 heterocycles. The number of hydrogen-bond donors (Lipinski definition) is 1. The van der Waals surface area contributed by atoms with E-state index >= 15 is 0 Å². The highest BCUT2D eigenvalue weighted by Gasteiger charge is 2.21. The third-order valence-electron chi connectivity index (χ3n) is 3.65. The van der Waals surface area contributed by atoms with Gasteiger partial charge in [-0.15, -0.1) is 0 Å². The lowest BCUT2D eigenvalue weighted by atomic mass is 10.2. The maximum Gasteiger partial charge on any atom is 0.00922 e. The summed E-state index contributed by atoms with van der Waals surface area (Å²) in [5.74, 6) is 0. The Morgan fingerprint density at radius 3 is 2.50 bits per heavy atom. The Bertz CT molecular complexity index is 160. The van der Waals surface area contributed by atoms with Gasteiger partial charge in [-0.1, -0.05) is 12.8 Å². The van der Waals surface area contributed by atoms with Gasteiger partial charge in [0, 0.05) is 12.1 Å². The van der Waals surface area contributed by atoms with Crippen LogP contribution in [-0.2, 0) is 0 Å². The molecule has 2 nitrogen and oxygen atoms in total. The van der Waals surface area contributed by atoms with Crippen LogP contribution in [0.15, 0.2) is 0 Å². The molecule has 2 saturated carbocycles. The molecule has 0 aromatic carbocycles. The molecule has 0 amide bonds. The van der Waals surface area contributed by atoms with Crippen LogP contribution in [0.3, 0.4) is 0 Å². The smallest absolute Gasteiger partial charge is 0.00922 e.